The number of fused-ring (bicyclic) bond motifs is 1. The van der Waals surface area contributed by atoms with Gasteiger partial charge in [0, 0.05) is 11.1 Å². The second-order valence-corrected chi connectivity index (χ2v) is 7.95. The number of rotatable bonds is 5. The molecule has 1 aliphatic rings. The molecule has 0 radical (unpaired) electrons. The molecule has 0 bridgehead atoms. The lowest BCUT2D eigenvalue weighted by molar-refractivity contribution is -0.134. The summed E-state index contributed by atoms with van der Waals surface area (Å²) in [6, 6.07) is 1.83. The van der Waals surface area contributed by atoms with Gasteiger partial charge in [0.05, 0.1) is 11.6 Å². The fourth-order valence-electron chi connectivity index (χ4n) is 3.49. The molecule has 0 unspecified atom stereocenters. The van der Waals surface area contributed by atoms with Crippen molar-refractivity contribution in [2.24, 2.45) is 5.92 Å². The van der Waals surface area contributed by atoms with Gasteiger partial charge >= 0.3 is 5.97 Å². The Morgan fingerprint density at radius 2 is 2.04 bits per heavy atom. The number of aliphatic carboxylic acids is 1. The maximum Gasteiger partial charge on any atom is 0.365 e. The van der Waals surface area contributed by atoms with Crippen LogP contribution in [0.5, 0.6) is 5.75 Å². The fourth-order valence-corrected chi connectivity index (χ4v) is 4.00. The van der Waals surface area contributed by atoms with Crippen LogP contribution < -0.4 is 4.74 Å². The molecule has 0 amide bonds. The first-order chi connectivity index (χ1) is 12.0. The molecule has 0 aliphatic heterocycles. The molecule has 1 N–H and O–H groups in total. The van der Waals surface area contributed by atoms with Crippen molar-refractivity contribution in [1.82, 2.24) is 0 Å². The van der Waals surface area contributed by atoms with Crippen molar-refractivity contribution >= 4 is 28.7 Å². The summed E-state index contributed by atoms with van der Waals surface area (Å²) in [5, 5.41) is 9.49. The predicted molar refractivity (Wildman–Crippen MR) is 104 cm³/mol. The molecular formula is C21H26ClFO3. The minimum absolute atomic E-state index is 0.0112. The van der Waals surface area contributed by atoms with Gasteiger partial charge in [-0.25, -0.2) is 4.79 Å². The summed E-state index contributed by atoms with van der Waals surface area (Å²) >= 11 is 6.75. The Kier molecular flexibility index (Phi) is 5.86. The molecule has 1 aromatic carbocycles. The van der Waals surface area contributed by atoms with E-state index in [2.05, 4.69) is 33.8 Å². The molecule has 3 nitrogen and oxygen atoms in total. The SMILES string of the molecule is CCOc1c(C(C)=C(F)C(=O)O)cc2c(c1Cl)C(C)(C)CC=C2C(C)C. The number of hydrogen-bond donors (Lipinski definition) is 1. The number of benzene rings is 1. The lowest BCUT2D eigenvalue weighted by atomic mass is 9.70. The Morgan fingerprint density at radius 3 is 2.54 bits per heavy atom. The molecule has 0 saturated heterocycles. The number of carboxylic acid groups (broad SMARTS) is 1. The second-order valence-electron chi connectivity index (χ2n) is 7.57. The summed E-state index contributed by atoms with van der Waals surface area (Å²) in [5.41, 5.74) is 3.25. The van der Waals surface area contributed by atoms with E-state index in [0.29, 0.717) is 22.9 Å². The summed E-state index contributed by atoms with van der Waals surface area (Å²) in [7, 11) is 0. The highest BCUT2D eigenvalue weighted by Gasteiger charge is 2.34. The topological polar surface area (TPSA) is 46.5 Å². The van der Waals surface area contributed by atoms with Crippen LogP contribution in [0.4, 0.5) is 4.39 Å². The van der Waals surface area contributed by atoms with Crippen LogP contribution in [-0.2, 0) is 10.2 Å². The Labute approximate surface area is 159 Å². The molecule has 1 aliphatic carbocycles. The Hall–Kier alpha value is -1.81. The summed E-state index contributed by atoms with van der Waals surface area (Å²) < 4.78 is 19.9. The van der Waals surface area contributed by atoms with Crippen LogP contribution in [0.15, 0.2) is 18.0 Å². The number of hydrogen-bond acceptors (Lipinski definition) is 2. The summed E-state index contributed by atoms with van der Waals surface area (Å²) in [5.74, 6) is -2.19. The standard InChI is InChI=1S/C21H26ClFO3/c1-7-26-19-14(12(4)18(23)20(24)25)10-15-13(11(2)3)8-9-21(5,6)16(15)17(19)22/h8,10-11H,7,9H2,1-6H3,(H,24,25). The average Bonchev–Trinajstić information content (AvgIpc) is 2.54. The highest BCUT2D eigenvalue weighted by molar-refractivity contribution is 6.33. The van der Waals surface area contributed by atoms with E-state index in [1.165, 1.54) is 6.92 Å². The van der Waals surface area contributed by atoms with E-state index in [9.17, 15) is 9.18 Å². The van der Waals surface area contributed by atoms with Crippen molar-refractivity contribution in [2.45, 2.75) is 53.4 Å². The number of ether oxygens (including phenoxy) is 1. The van der Waals surface area contributed by atoms with Crippen LogP contribution in [0, 0.1) is 5.92 Å². The van der Waals surface area contributed by atoms with Gasteiger partial charge in [-0.05, 0) is 54.4 Å². The van der Waals surface area contributed by atoms with E-state index in [1.807, 2.05) is 13.0 Å². The third kappa shape index (κ3) is 3.52. The van der Waals surface area contributed by atoms with Gasteiger partial charge in [-0.1, -0.05) is 45.4 Å². The number of carbonyl (C=O) groups is 1. The van der Waals surface area contributed by atoms with E-state index in [-0.39, 0.29) is 16.9 Å². The zero-order valence-electron chi connectivity index (χ0n) is 16.2. The van der Waals surface area contributed by atoms with Crippen LogP contribution >= 0.6 is 11.6 Å². The Morgan fingerprint density at radius 1 is 1.42 bits per heavy atom. The number of allylic oxidation sites excluding steroid dienone is 3. The van der Waals surface area contributed by atoms with Crippen LogP contribution in [0.3, 0.4) is 0 Å². The van der Waals surface area contributed by atoms with E-state index >= 15 is 0 Å². The molecule has 26 heavy (non-hydrogen) atoms. The van der Waals surface area contributed by atoms with Crippen LogP contribution in [0.1, 0.15) is 64.7 Å². The van der Waals surface area contributed by atoms with Crippen LogP contribution in [0.2, 0.25) is 5.02 Å². The molecule has 5 heteroatoms. The molecule has 0 saturated carbocycles. The summed E-state index contributed by atoms with van der Waals surface area (Å²) in [6.07, 6.45) is 3.04. The highest BCUT2D eigenvalue weighted by atomic mass is 35.5. The van der Waals surface area contributed by atoms with Crippen molar-refractivity contribution in [3.05, 3.63) is 39.7 Å². The fraction of sp³-hybridized carbons (Fsp3) is 0.476. The number of halogens is 2. The van der Waals surface area contributed by atoms with Gasteiger partial charge in [0.25, 0.3) is 0 Å². The lowest BCUT2D eigenvalue weighted by Gasteiger charge is -2.35. The smallest absolute Gasteiger partial charge is 0.365 e. The third-order valence-corrected chi connectivity index (χ3v) is 5.23. The van der Waals surface area contributed by atoms with Gasteiger partial charge < -0.3 is 9.84 Å². The van der Waals surface area contributed by atoms with Crippen molar-refractivity contribution in [3.8, 4) is 5.75 Å². The largest absolute Gasteiger partial charge is 0.492 e. The average molecular weight is 381 g/mol. The van der Waals surface area contributed by atoms with Crippen molar-refractivity contribution in [3.63, 3.8) is 0 Å². The monoisotopic (exact) mass is 380 g/mol. The van der Waals surface area contributed by atoms with Crippen molar-refractivity contribution in [2.75, 3.05) is 6.61 Å². The molecule has 0 atom stereocenters. The van der Waals surface area contributed by atoms with Gasteiger partial charge in [-0.15, -0.1) is 0 Å². The van der Waals surface area contributed by atoms with Crippen LogP contribution in [0.25, 0.3) is 11.1 Å². The Balaban J connectivity index is 2.91. The van der Waals surface area contributed by atoms with Crippen molar-refractivity contribution < 1.29 is 19.0 Å². The van der Waals surface area contributed by atoms with Crippen molar-refractivity contribution in [1.29, 1.82) is 0 Å². The van der Waals surface area contributed by atoms with Crippen LogP contribution in [-0.4, -0.2) is 17.7 Å². The minimum atomic E-state index is -1.60. The summed E-state index contributed by atoms with van der Waals surface area (Å²) in [4.78, 5) is 11.1. The first-order valence-electron chi connectivity index (χ1n) is 8.83. The first-order valence-corrected chi connectivity index (χ1v) is 9.20. The summed E-state index contributed by atoms with van der Waals surface area (Å²) in [6.45, 7) is 12.0. The third-order valence-electron chi connectivity index (χ3n) is 4.87. The molecule has 0 spiro atoms. The number of carboxylic acids is 1. The lowest BCUT2D eigenvalue weighted by Crippen LogP contribution is -2.24. The second kappa shape index (κ2) is 7.43. The molecular weight excluding hydrogens is 355 g/mol. The molecule has 0 heterocycles. The quantitative estimate of drug-likeness (QED) is 0.614. The maximum absolute atomic E-state index is 14.2. The van der Waals surface area contributed by atoms with Gasteiger partial charge in [0.2, 0.25) is 5.83 Å². The Bertz CT molecular complexity index is 804. The highest BCUT2D eigenvalue weighted by Crippen LogP contribution is 2.50. The minimum Gasteiger partial charge on any atom is -0.492 e. The normalized spacial score (nSPS) is 16.7. The van der Waals surface area contributed by atoms with E-state index in [1.54, 1.807) is 0 Å². The first kappa shape index (κ1) is 20.5. The van der Waals surface area contributed by atoms with E-state index in [4.69, 9.17) is 21.4 Å². The predicted octanol–water partition coefficient (Wildman–Crippen LogP) is 6.24. The molecule has 0 fully saturated rings. The van der Waals surface area contributed by atoms with E-state index < -0.39 is 11.8 Å². The molecule has 142 valence electrons. The molecule has 0 aromatic heterocycles. The van der Waals surface area contributed by atoms with Gasteiger partial charge in [-0.3, -0.25) is 0 Å². The van der Waals surface area contributed by atoms with Gasteiger partial charge in [-0.2, -0.15) is 4.39 Å². The molecule has 1 aromatic rings. The maximum atomic E-state index is 14.2. The zero-order valence-corrected chi connectivity index (χ0v) is 16.9. The van der Waals surface area contributed by atoms with Gasteiger partial charge in [0.1, 0.15) is 5.75 Å². The molecule has 2 rings (SSSR count). The van der Waals surface area contributed by atoms with E-state index in [0.717, 1.165) is 23.1 Å². The van der Waals surface area contributed by atoms with Gasteiger partial charge in [0.15, 0.2) is 0 Å². The zero-order chi connectivity index (χ0) is 19.8.